The van der Waals surface area contributed by atoms with Crippen molar-refractivity contribution in [1.82, 2.24) is 9.80 Å². The zero-order chi connectivity index (χ0) is 20.4. The third-order valence-electron chi connectivity index (χ3n) is 5.82. The number of likely N-dealkylation sites (tertiary alicyclic amines) is 1. The highest BCUT2D eigenvalue weighted by Gasteiger charge is 2.32. The zero-order valence-electron chi connectivity index (χ0n) is 16.1. The van der Waals surface area contributed by atoms with E-state index in [4.69, 9.17) is 0 Å². The van der Waals surface area contributed by atoms with E-state index in [-0.39, 0.29) is 5.91 Å². The quantitative estimate of drug-likeness (QED) is 0.741. The molecule has 0 unspecified atom stereocenters. The summed E-state index contributed by atoms with van der Waals surface area (Å²) in [6.07, 6.45) is -2.29. The molecule has 0 spiro atoms. The molecule has 1 amide bonds. The van der Waals surface area contributed by atoms with Crippen LogP contribution in [0.3, 0.4) is 0 Å². The van der Waals surface area contributed by atoms with Crippen LogP contribution >= 0.6 is 11.3 Å². The van der Waals surface area contributed by atoms with Crippen molar-refractivity contribution in [3.8, 4) is 0 Å². The maximum atomic E-state index is 13.0. The molecule has 2 aliphatic heterocycles. The van der Waals surface area contributed by atoms with E-state index in [0.717, 1.165) is 50.7 Å². The first-order valence-electron chi connectivity index (χ1n) is 9.89. The number of carbonyl (C=O) groups is 1. The molecule has 2 aliphatic rings. The van der Waals surface area contributed by atoms with Crippen molar-refractivity contribution in [2.75, 3.05) is 44.2 Å². The minimum atomic E-state index is -4.32. The predicted molar refractivity (Wildman–Crippen MR) is 108 cm³/mol. The fourth-order valence-corrected chi connectivity index (χ4v) is 4.86. The smallest absolute Gasteiger partial charge is 0.369 e. The van der Waals surface area contributed by atoms with Crippen LogP contribution in [0.1, 0.15) is 28.8 Å². The number of anilines is 1. The highest BCUT2D eigenvalue weighted by Crippen LogP contribution is 2.32. The van der Waals surface area contributed by atoms with Crippen LogP contribution in [0.2, 0.25) is 0 Å². The first-order chi connectivity index (χ1) is 13.9. The summed E-state index contributed by atoms with van der Waals surface area (Å²) in [6.45, 7) is 4.48. The Kier molecular flexibility index (Phi) is 5.83. The lowest BCUT2D eigenvalue weighted by molar-refractivity contribution is -0.137. The lowest BCUT2D eigenvalue weighted by Crippen LogP contribution is -2.55. The van der Waals surface area contributed by atoms with Gasteiger partial charge in [-0.15, -0.1) is 0 Å². The third-order valence-corrected chi connectivity index (χ3v) is 6.50. The number of hydrogen-bond donors (Lipinski definition) is 0. The summed E-state index contributed by atoms with van der Waals surface area (Å²) in [4.78, 5) is 19.0. The van der Waals surface area contributed by atoms with Crippen molar-refractivity contribution >= 4 is 22.9 Å². The number of benzene rings is 1. The highest BCUT2D eigenvalue weighted by atomic mass is 32.1. The predicted octanol–water partition coefficient (Wildman–Crippen LogP) is 4.19. The Hall–Kier alpha value is -2.06. The normalized spacial score (nSPS) is 21.4. The lowest BCUT2D eigenvalue weighted by atomic mass is 10.0. The number of amides is 1. The minimum Gasteiger partial charge on any atom is -0.369 e. The van der Waals surface area contributed by atoms with E-state index in [0.29, 0.717) is 24.8 Å². The molecule has 1 atom stereocenters. The SMILES string of the molecule is O=C(c1ccsc1)N1CCC[C@@H](N2CCN(c3cccc(C(F)(F)F)c3)CC2)C1. The van der Waals surface area contributed by atoms with E-state index in [9.17, 15) is 18.0 Å². The van der Waals surface area contributed by atoms with E-state index in [2.05, 4.69) is 4.90 Å². The van der Waals surface area contributed by atoms with Crippen molar-refractivity contribution in [2.24, 2.45) is 0 Å². The molecule has 29 heavy (non-hydrogen) atoms. The van der Waals surface area contributed by atoms with Crippen molar-refractivity contribution in [2.45, 2.75) is 25.1 Å². The Bertz CT molecular complexity index is 832. The van der Waals surface area contributed by atoms with Crippen LogP contribution in [0.15, 0.2) is 41.1 Å². The summed E-state index contributed by atoms with van der Waals surface area (Å²) >= 11 is 1.53. The molecule has 0 aliphatic carbocycles. The average molecular weight is 424 g/mol. The fraction of sp³-hybridized carbons (Fsp3) is 0.476. The van der Waals surface area contributed by atoms with Gasteiger partial charge in [-0.2, -0.15) is 24.5 Å². The monoisotopic (exact) mass is 423 g/mol. The van der Waals surface area contributed by atoms with Gasteiger partial charge in [-0.05, 0) is 42.5 Å². The number of thiophene rings is 1. The summed E-state index contributed by atoms with van der Waals surface area (Å²) < 4.78 is 39.0. The van der Waals surface area contributed by atoms with Crippen LogP contribution in [0.4, 0.5) is 18.9 Å². The summed E-state index contributed by atoms with van der Waals surface area (Å²) in [5, 5.41) is 3.81. The molecule has 1 aromatic carbocycles. The Labute approximate surface area is 172 Å². The first kappa shape index (κ1) is 20.2. The number of halogens is 3. The number of carbonyl (C=O) groups excluding carboxylic acids is 1. The van der Waals surface area contributed by atoms with Gasteiger partial charge in [-0.3, -0.25) is 9.69 Å². The summed E-state index contributed by atoms with van der Waals surface area (Å²) in [5.74, 6) is 0.0959. The molecule has 4 nitrogen and oxygen atoms in total. The number of piperazine rings is 1. The van der Waals surface area contributed by atoms with Crippen LogP contribution in [0.25, 0.3) is 0 Å². The highest BCUT2D eigenvalue weighted by molar-refractivity contribution is 7.08. The van der Waals surface area contributed by atoms with E-state index in [1.165, 1.54) is 23.5 Å². The molecule has 0 saturated carbocycles. The van der Waals surface area contributed by atoms with Crippen LogP contribution in [0.5, 0.6) is 0 Å². The van der Waals surface area contributed by atoms with E-state index >= 15 is 0 Å². The van der Waals surface area contributed by atoms with Crippen molar-refractivity contribution in [3.63, 3.8) is 0 Å². The van der Waals surface area contributed by atoms with Gasteiger partial charge in [0.2, 0.25) is 0 Å². The van der Waals surface area contributed by atoms with Crippen molar-refractivity contribution in [1.29, 1.82) is 0 Å². The molecular formula is C21H24F3N3OS. The van der Waals surface area contributed by atoms with Crippen LogP contribution < -0.4 is 4.90 Å². The van der Waals surface area contributed by atoms with Gasteiger partial charge >= 0.3 is 6.18 Å². The Morgan fingerprint density at radius 1 is 1.07 bits per heavy atom. The van der Waals surface area contributed by atoms with Gasteiger partial charge < -0.3 is 9.80 Å². The Balaban J connectivity index is 1.35. The van der Waals surface area contributed by atoms with Crippen LogP contribution in [-0.4, -0.2) is 61.0 Å². The van der Waals surface area contributed by atoms with Gasteiger partial charge in [-0.25, -0.2) is 0 Å². The summed E-state index contributed by atoms with van der Waals surface area (Å²) in [5.41, 5.74) is 0.773. The molecule has 2 saturated heterocycles. The minimum absolute atomic E-state index is 0.0959. The zero-order valence-corrected chi connectivity index (χ0v) is 16.9. The number of alkyl halides is 3. The van der Waals surface area contributed by atoms with Gasteiger partial charge in [0.05, 0.1) is 11.1 Å². The lowest BCUT2D eigenvalue weighted by Gasteiger charge is -2.44. The molecule has 1 aromatic heterocycles. The molecule has 2 fully saturated rings. The van der Waals surface area contributed by atoms with Gasteiger partial charge in [0.1, 0.15) is 0 Å². The topological polar surface area (TPSA) is 26.8 Å². The molecular weight excluding hydrogens is 399 g/mol. The molecule has 0 N–H and O–H groups in total. The first-order valence-corrected chi connectivity index (χ1v) is 10.8. The Morgan fingerprint density at radius 2 is 1.86 bits per heavy atom. The van der Waals surface area contributed by atoms with Gasteiger partial charge in [0.25, 0.3) is 5.91 Å². The molecule has 0 bridgehead atoms. The second-order valence-corrected chi connectivity index (χ2v) is 8.41. The molecule has 156 valence electrons. The number of hydrogen-bond acceptors (Lipinski definition) is 4. The molecule has 3 heterocycles. The maximum Gasteiger partial charge on any atom is 0.416 e. The van der Waals surface area contributed by atoms with Gasteiger partial charge in [-0.1, -0.05) is 6.07 Å². The molecule has 0 radical (unpaired) electrons. The van der Waals surface area contributed by atoms with E-state index in [1.54, 1.807) is 6.07 Å². The third kappa shape index (κ3) is 4.59. The molecule has 2 aromatic rings. The largest absolute Gasteiger partial charge is 0.416 e. The van der Waals surface area contributed by atoms with E-state index < -0.39 is 11.7 Å². The Morgan fingerprint density at radius 3 is 2.55 bits per heavy atom. The number of rotatable bonds is 3. The summed E-state index contributed by atoms with van der Waals surface area (Å²) in [7, 11) is 0. The second-order valence-electron chi connectivity index (χ2n) is 7.63. The van der Waals surface area contributed by atoms with Crippen molar-refractivity contribution in [3.05, 3.63) is 52.2 Å². The number of piperidine rings is 1. The number of nitrogens with zero attached hydrogens (tertiary/aromatic N) is 3. The van der Waals surface area contributed by atoms with Crippen LogP contribution in [-0.2, 0) is 6.18 Å². The maximum absolute atomic E-state index is 13.0. The van der Waals surface area contributed by atoms with Gasteiger partial charge in [0.15, 0.2) is 0 Å². The summed E-state index contributed by atoms with van der Waals surface area (Å²) in [6, 6.07) is 7.74. The van der Waals surface area contributed by atoms with Crippen LogP contribution in [0, 0.1) is 0 Å². The molecule has 4 rings (SSSR count). The second kappa shape index (κ2) is 8.36. The van der Waals surface area contributed by atoms with E-state index in [1.807, 2.05) is 26.6 Å². The fourth-order valence-electron chi connectivity index (χ4n) is 4.23. The standard InChI is InChI=1S/C21H24F3N3OS/c22-21(23,24)17-3-1-4-18(13-17)25-8-10-26(11-9-25)19-5-2-7-27(14-19)20(28)16-6-12-29-15-16/h1,3-4,6,12-13,15,19H,2,5,7-11,14H2/t19-/m1/s1. The molecule has 8 heteroatoms. The van der Waals surface area contributed by atoms with Gasteiger partial charge in [0, 0.05) is 56.4 Å². The average Bonchev–Trinajstić information content (AvgIpc) is 3.28. The van der Waals surface area contributed by atoms with Crippen molar-refractivity contribution < 1.29 is 18.0 Å².